The number of carbonyl (C=O) groups is 1. The Kier molecular flexibility index (Phi) is 5.61. The summed E-state index contributed by atoms with van der Waals surface area (Å²) in [7, 11) is 3.70. The molecule has 0 aromatic carbocycles. The lowest BCUT2D eigenvalue weighted by Gasteiger charge is -2.38. The Morgan fingerprint density at radius 2 is 2.22 bits per heavy atom. The molecule has 0 spiro atoms. The highest BCUT2D eigenvalue weighted by molar-refractivity contribution is 5.78. The molecule has 0 heterocycles. The minimum atomic E-state index is -0.0309. The molecular weight excluding hydrogens is 226 g/mol. The maximum absolute atomic E-state index is 11.5. The second-order valence-corrected chi connectivity index (χ2v) is 5.68. The van der Waals surface area contributed by atoms with E-state index in [1.807, 2.05) is 14.0 Å². The van der Waals surface area contributed by atoms with Gasteiger partial charge in [-0.05, 0) is 32.2 Å². The van der Waals surface area contributed by atoms with E-state index in [0.29, 0.717) is 12.0 Å². The van der Waals surface area contributed by atoms with E-state index < -0.39 is 0 Å². The average molecular weight is 251 g/mol. The van der Waals surface area contributed by atoms with Crippen molar-refractivity contribution in [3.05, 3.63) is 0 Å². The Morgan fingerprint density at radius 1 is 1.56 bits per heavy atom. The van der Waals surface area contributed by atoms with Gasteiger partial charge in [0.2, 0.25) is 5.91 Å². The summed E-state index contributed by atoms with van der Waals surface area (Å²) in [5, 5.41) is 11.9. The lowest BCUT2D eigenvalue weighted by atomic mass is 9.79. The van der Waals surface area contributed by atoms with Crippen molar-refractivity contribution in [3.63, 3.8) is 0 Å². The van der Waals surface area contributed by atoms with Gasteiger partial charge >= 0.3 is 0 Å². The normalized spacial score (nSPS) is 29.7. The molecule has 0 aromatic heterocycles. The summed E-state index contributed by atoms with van der Waals surface area (Å²) in [5.74, 6) is 0.830. The summed E-state index contributed by atoms with van der Waals surface area (Å²) in [4.78, 5) is 13.7. The van der Waals surface area contributed by atoms with Crippen LogP contribution in [0.3, 0.4) is 0 Å². The van der Waals surface area contributed by atoms with Crippen LogP contribution in [0.2, 0.25) is 0 Å². The molecule has 0 radical (unpaired) electrons. The van der Waals surface area contributed by atoms with Gasteiger partial charge in [-0.25, -0.2) is 0 Å². The number of nitrogens with zero attached hydrogens (tertiary/aromatic N) is 2. The van der Waals surface area contributed by atoms with Crippen LogP contribution in [0, 0.1) is 29.1 Å². The lowest BCUT2D eigenvalue weighted by molar-refractivity contribution is -0.124. The Hall–Kier alpha value is -1.08. The summed E-state index contributed by atoms with van der Waals surface area (Å²) < 4.78 is 0. The summed E-state index contributed by atoms with van der Waals surface area (Å²) >= 11 is 0. The number of rotatable bonds is 4. The average Bonchev–Trinajstić information content (AvgIpc) is 2.37. The fourth-order valence-corrected chi connectivity index (χ4v) is 2.89. The molecule has 102 valence electrons. The van der Waals surface area contributed by atoms with E-state index in [1.165, 1.54) is 0 Å². The van der Waals surface area contributed by atoms with Crippen LogP contribution in [-0.4, -0.2) is 37.5 Å². The Morgan fingerprint density at radius 3 is 2.78 bits per heavy atom. The molecule has 0 aromatic rings. The fraction of sp³-hybridized carbons (Fsp3) is 0.857. The van der Waals surface area contributed by atoms with Gasteiger partial charge in [-0.3, -0.25) is 4.79 Å². The number of amides is 1. The molecule has 4 nitrogen and oxygen atoms in total. The van der Waals surface area contributed by atoms with E-state index in [0.717, 1.165) is 25.8 Å². The minimum absolute atomic E-state index is 0.0309. The van der Waals surface area contributed by atoms with Crippen LogP contribution in [0.25, 0.3) is 0 Å². The van der Waals surface area contributed by atoms with Crippen molar-refractivity contribution in [3.8, 4) is 6.07 Å². The Balaban J connectivity index is 2.60. The number of nitrogens with one attached hydrogen (secondary N) is 1. The zero-order chi connectivity index (χ0) is 13.7. The molecule has 1 saturated carbocycles. The summed E-state index contributed by atoms with van der Waals surface area (Å²) in [6, 6.07) is 2.73. The van der Waals surface area contributed by atoms with Crippen molar-refractivity contribution in [1.82, 2.24) is 10.2 Å². The zero-order valence-electron chi connectivity index (χ0n) is 11.9. The monoisotopic (exact) mass is 251 g/mol. The predicted octanol–water partition coefficient (Wildman–Crippen LogP) is 1.63. The molecule has 4 unspecified atom stereocenters. The third kappa shape index (κ3) is 3.71. The van der Waals surface area contributed by atoms with Crippen LogP contribution in [-0.2, 0) is 4.79 Å². The van der Waals surface area contributed by atoms with Gasteiger partial charge < -0.3 is 10.2 Å². The third-order valence-electron chi connectivity index (χ3n) is 4.07. The standard InChI is InChI=1S/C14H25N3O/c1-10-5-6-12(8-15)13(7-10)17(4)9-11(2)14(18)16-3/h10-13H,5-7,9H2,1-4H3,(H,16,18). The van der Waals surface area contributed by atoms with Gasteiger partial charge in [0.05, 0.1) is 12.0 Å². The van der Waals surface area contributed by atoms with Crippen LogP contribution in [0.1, 0.15) is 33.1 Å². The molecular formula is C14H25N3O. The molecule has 1 aliphatic carbocycles. The van der Waals surface area contributed by atoms with Gasteiger partial charge in [0, 0.05) is 25.6 Å². The number of hydrogen-bond donors (Lipinski definition) is 1. The van der Waals surface area contributed by atoms with Crippen LogP contribution in [0.4, 0.5) is 0 Å². The summed E-state index contributed by atoms with van der Waals surface area (Å²) in [6.45, 7) is 4.90. The van der Waals surface area contributed by atoms with Crippen LogP contribution >= 0.6 is 0 Å². The van der Waals surface area contributed by atoms with Gasteiger partial charge in [0.15, 0.2) is 0 Å². The van der Waals surface area contributed by atoms with E-state index in [2.05, 4.69) is 23.2 Å². The van der Waals surface area contributed by atoms with Gasteiger partial charge in [0.1, 0.15) is 0 Å². The highest BCUT2D eigenvalue weighted by atomic mass is 16.1. The molecule has 1 aliphatic rings. The molecule has 0 bridgehead atoms. The SMILES string of the molecule is CNC(=O)C(C)CN(C)C1CC(C)CCC1C#N. The molecule has 1 N–H and O–H groups in total. The molecule has 1 fully saturated rings. The quantitative estimate of drug-likeness (QED) is 0.826. The van der Waals surface area contributed by atoms with E-state index in [9.17, 15) is 10.1 Å². The molecule has 0 saturated heterocycles. The Bertz CT molecular complexity index is 323. The maximum atomic E-state index is 11.5. The number of hydrogen-bond acceptors (Lipinski definition) is 3. The van der Waals surface area contributed by atoms with Gasteiger partial charge in [0.25, 0.3) is 0 Å². The second-order valence-electron chi connectivity index (χ2n) is 5.68. The van der Waals surface area contributed by atoms with Crippen LogP contribution in [0.15, 0.2) is 0 Å². The first-order valence-corrected chi connectivity index (χ1v) is 6.81. The minimum Gasteiger partial charge on any atom is -0.359 e. The molecule has 0 aliphatic heterocycles. The first-order valence-electron chi connectivity index (χ1n) is 6.81. The van der Waals surface area contributed by atoms with Gasteiger partial charge in [-0.2, -0.15) is 5.26 Å². The predicted molar refractivity (Wildman–Crippen MR) is 71.8 cm³/mol. The fourth-order valence-electron chi connectivity index (χ4n) is 2.89. The largest absolute Gasteiger partial charge is 0.359 e. The van der Waals surface area contributed by atoms with Crippen LogP contribution < -0.4 is 5.32 Å². The van der Waals surface area contributed by atoms with E-state index in [-0.39, 0.29) is 17.7 Å². The summed E-state index contributed by atoms with van der Waals surface area (Å²) in [5.41, 5.74) is 0. The van der Waals surface area contributed by atoms with Crippen molar-refractivity contribution in [2.24, 2.45) is 17.8 Å². The molecule has 4 atom stereocenters. The number of nitriles is 1. The van der Waals surface area contributed by atoms with Crippen molar-refractivity contribution < 1.29 is 4.79 Å². The number of carbonyl (C=O) groups excluding carboxylic acids is 1. The molecule has 18 heavy (non-hydrogen) atoms. The Labute approximate surface area is 110 Å². The second kappa shape index (κ2) is 6.75. The van der Waals surface area contributed by atoms with Crippen molar-refractivity contribution in [1.29, 1.82) is 5.26 Å². The third-order valence-corrected chi connectivity index (χ3v) is 4.07. The van der Waals surface area contributed by atoms with Crippen molar-refractivity contribution >= 4 is 5.91 Å². The van der Waals surface area contributed by atoms with Crippen molar-refractivity contribution in [2.45, 2.75) is 39.2 Å². The molecule has 4 heteroatoms. The highest BCUT2D eigenvalue weighted by Gasteiger charge is 2.32. The van der Waals surface area contributed by atoms with Gasteiger partial charge in [-0.15, -0.1) is 0 Å². The lowest BCUT2D eigenvalue weighted by Crippen LogP contribution is -2.45. The smallest absolute Gasteiger partial charge is 0.223 e. The van der Waals surface area contributed by atoms with E-state index >= 15 is 0 Å². The van der Waals surface area contributed by atoms with Gasteiger partial charge in [-0.1, -0.05) is 13.8 Å². The van der Waals surface area contributed by atoms with Crippen molar-refractivity contribution in [2.75, 3.05) is 20.6 Å². The van der Waals surface area contributed by atoms with E-state index in [1.54, 1.807) is 7.05 Å². The summed E-state index contributed by atoms with van der Waals surface area (Å²) in [6.07, 6.45) is 3.20. The molecule has 1 rings (SSSR count). The topological polar surface area (TPSA) is 56.1 Å². The van der Waals surface area contributed by atoms with Crippen LogP contribution in [0.5, 0.6) is 0 Å². The highest BCUT2D eigenvalue weighted by Crippen LogP contribution is 2.31. The zero-order valence-corrected chi connectivity index (χ0v) is 11.9. The first-order chi connectivity index (χ1) is 8.49. The first kappa shape index (κ1) is 15.0. The molecule has 1 amide bonds. The van der Waals surface area contributed by atoms with E-state index in [4.69, 9.17) is 0 Å². The maximum Gasteiger partial charge on any atom is 0.223 e.